The lowest BCUT2D eigenvalue weighted by molar-refractivity contribution is -0.127. The average Bonchev–Trinajstić information content (AvgIpc) is 3.03. The van der Waals surface area contributed by atoms with Gasteiger partial charge in [-0.1, -0.05) is 37.6 Å². The molecule has 1 aliphatic heterocycles. The van der Waals surface area contributed by atoms with E-state index in [-0.39, 0.29) is 11.4 Å². The van der Waals surface area contributed by atoms with E-state index in [4.69, 9.17) is 9.47 Å². The fourth-order valence-electron chi connectivity index (χ4n) is 2.98. The maximum absolute atomic E-state index is 12.7. The molecule has 8 heteroatoms. The normalized spacial score (nSPS) is 14.7. The van der Waals surface area contributed by atoms with Gasteiger partial charge in [0.25, 0.3) is 11.1 Å². The Bertz CT molecular complexity index is 1010. The minimum Gasteiger partial charge on any atom is -0.490 e. The Labute approximate surface area is 191 Å². The van der Waals surface area contributed by atoms with Crippen molar-refractivity contribution in [2.75, 3.05) is 25.1 Å². The predicted molar refractivity (Wildman–Crippen MR) is 126 cm³/mol. The first-order valence-electron chi connectivity index (χ1n) is 10.5. The van der Waals surface area contributed by atoms with E-state index >= 15 is 0 Å². The third kappa shape index (κ3) is 6.13. The Hall–Kier alpha value is -3.26. The largest absolute Gasteiger partial charge is 0.490 e. The SMILES string of the molecule is CCCCOc1ccc(/C=C2\SC(=O)N(CC(=O)Nc3ccccc3)C2=O)cc1OCC. The second-order valence-electron chi connectivity index (χ2n) is 7.02. The van der Waals surface area contributed by atoms with Crippen LogP contribution >= 0.6 is 11.8 Å². The Morgan fingerprint density at radius 2 is 1.84 bits per heavy atom. The Morgan fingerprint density at radius 3 is 2.56 bits per heavy atom. The zero-order chi connectivity index (χ0) is 22.9. The number of ether oxygens (including phenoxy) is 2. The van der Waals surface area contributed by atoms with Gasteiger partial charge in [-0.05, 0) is 61.0 Å². The third-order valence-corrected chi connectivity index (χ3v) is 5.46. The van der Waals surface area contributed by atoms with E-state index in [1.165, 1.54) is 0 Å². The van der Waals surface area contributed by atoms with E-state index in [0.717, 1.165) is 29.5 Å². The molecular formula is C24H26N2O5S. The molecule has 0 atom stereocenters. The van der Waals surface area contributed by atoms with Gasteiger partial charge in [0.15, 0.2) is 11.5 Å². The molecule has 3 rings (SSSR count). The maximum atomic E-state index is 12.7. The van der Waals surface area contributed by atoms with Gasteiger partial charge in [-0.15, -0.1) is 0 Å². The van der Waals surface area contributed by atoms with E-state index in [0.29, 0.717) is 36.0 Å². The molecule has 7 nitrogen and oxygen atoms in total. The quantitative estimate of drug-likeness (QED) is 0.404. The van der Waals surface area contributed by atoms with Crippen LogP contribution in [0.3, 0.4) is 0 Å². The molecule has 0 bridgehead atoms. The molecule has 2 aromatic rings. The number of amides is 3. The summed E-state index contributed by atoms with van der Waals surface area (Å²) in [5, 5.41) is 2.20. The monoisotopic (exact) mass is 454 g/mol. The number of benzene rings is 2. The highest BCUT2D eigenvalue weighted by atomic mass is 32.2. The molecule has 0 spiro atoms. The van der Waals surface area contributed by atoms with Crippen molar-refractivity contribution in [1.29, 1.82) is 0 Å². The molecule has 0 aromatic heterocycles. The lowest BCUT2D eigenvalue weighted by atomic mass is 10.2. The van der Waals surface area contributed by atoms with Gasteiger partial charge in [0, 0.05) is 5.69 Å². The number of carbonyl (C=O) groups excluding carboxylic acids is 3. The summed E-state index contributed by atoms with van der Waals surface area (Å²) in [6.45, 7) is 4.70. The number of hydrogen-bond acceptors (Lipinski definition) is 6. The Kier molecular flexibility index (Phi) is 8.33. The van der Waals surface area contributed by atoms with Crippen molar-refractivity contribution in [2.24, 2.45) is 0 Å². The van der Waals surface area contributed by atoms with Gasteiger partial charge in [0.1, 0.15) is 6.54 Å². The lowest BCUT2D eigenvalue weighted by Gasteiger charge is -2.13. The molecule has 2 aromatic carbocycles. The van der Waals surface area contributed by atoms with Gasteiger partial charge in [0.2, 0.25) is 5.91 Å². The first-order chi connectivity index (χ1) is 15.5. The van der Waals surface area contributed by atoms with Crippen LogP contribution < -0.4 is 14.8 Å². The third-order valence-electron chi connectivity index (χ3n) is 4.55. The van der Waals surface area contributed by atoms with Crippen molar-refractivity contribution in [1.82, 2.24) is 4.90 Å². The number of nitrogens with one attached hydrogen (secondary N) is 1. The maximum Gasteiger partial charge on any atom is 0.294 e. The average molecular weight is 455 g/mol. The molecule has 1 aliphatic rings. The van der Waals surface area contributed by atoms with Crippen LogP contribution in [-0.4, -0.2) is 41.7 Å². The highest BCUT2D eigenvalue weighted by molar-refractivity contribution is 8.18. The summed E-state index contributed by atoms with van der Waals surface area (Å²) in [5.74, 6) is 0.290. The first-order valence-corrected chi connectivity index (χ1v) is 11.3. The number of thioether (sulfide) groups is 1. The van der Waals surface area contributed by atoms with E-state index in [1.54, 1.807) is 48.5 Å². The van der Waals surface area contributed by atoms with Crippen LogP contribution in [0.25, 0.3) is 6.08 Å². The second-order valence-corrected chi connectivity index (χ2v) is 8.02. The van der Waals surface area contributed by atoms with E-state index in [2.05, 4.69) is 12.2 Å². The number of rotatable bonds is 10. The number of unbranched alkanes of at least 4 members (excludes halogenated alkanes) is 1. The molecule has 1 fully saturated rings. The molecule has 168 valence electrons. The predicted octanol–water partition coefficient (Wildman–Crippen LogP) is 4.94. The van der Waals surface area contributed by atoms with E-state index in [9.17, 15) is 14.4 Å². The van der Waals surface area contributed by atoms with Crippen LogP contribution in [0, 0.1) is 0 Å². The number of hydrogen-bond donors (Lipinski definition) is 1. The Balaban J connectivity index is 1.70. The van der Waals surface area contributed by atoms with Crippen molar-refractivity contribution in [3.63, 3.8) is 0 Å². The second kappa shape index (κ2) is 11.4. The summed E-state index contributed by atoms with van der Waals surface area (Å²) >= 11 is 0.812. The van der Waals surface area contributed by atoms with Crippen molar-refractivity contribution in [2.45, 2.75) is 26.7 Å². The highest BCUT2D eigenvalue weighted by Gasteiger charge is 2.36. The molecule has 32 heavy (non-hydrogen) atoms. The molecule has 1 heterocycles. The van der Waals surface area contributed by atoms with Gasteiger partial charge < -0.3 is 14.8 Å². The minimum atomic E-state index is -0.496. The van der Waals surface area contributed by atoms with Crippen molar-refractivity contribution in [3.8, 4) is 11.5 Å². The topological polar surface area (TPSA) is 84.9 Å². The number of para-hydroxylation sites is 1. The minimum absolute atomic E-state index is 0.254. The molecule has 3 amide bonds. The van der Waals surface area contributed by atoms with E-state index in [1.807, 2.05) is 13.0 Å². The molecular weight excluding hydrogens is 428 g/mol. The molecule has 0 aliphatic carbocycles. The summed E-state index contributed by atoms with van der Waals surface area (Å²) in [4.78, 5) is 38.6. The summed E-state index contributed by atoms with van der Waals surface area (Å²) in [6.07, 6.45) is 3.60. The van der Waals surface area contributed by atoms with Crippen molar-refractivity contribution < 1.29 is 23.9 Å². The number of carbonyl (C=O) groups is 3. The van der Waals surface area contributed by atoms with Crippen LogP contribution in [0.4, 0.5) is 10.5 Å². The number of nitrogens with zero attached hydrogens (tertiary/aromatic N) is 1. The fraction of sp³-hybridized carbons (Fsp3) is 0.292. The zero-order valence-electron chi connectivity index (χ0n) is 18.1. The number of anilines is 1. The van der Waals surface area contributed by atoms with Crippen LogP contribution in [-0.2, 0) is 9.59 Å². The van der Waals surface area contributed by atoms with E-state index < -0.39 is 17.1 Å². The lowest BCUT2D eigenvalue weighted by Crippen LogP contribution is -2.36. The van der Waals surface area contributed by atoms with Crippen molar-refractivity contribution >= 4 is 40.6 Å². The Morgan fingerprint density at radius 1 is 1.06 bits per heavy atom. The van der Waals surface area contributed by atoms with Gasteiger partial charge >= 0.3 is 0 Å². The summed E-state index contributed by atoms with van der Waals surface area (Å²) in [5.41, 5.74) is 1.31. The first kappa shape index (κ1) is 23.4. The summed E-state index contributed by atoms with van der Waals surface area (Å²) in [7, 11) is 0. The van der Waals surface area contributed by atoms with Crippen LogP contribution in [0.15, 0.2) is 53.4 Å². The van der Waals surface area contributed by atoms with Crippen LogP contribution in [0.5, 0.6) is 11.5 Å². The van der Waals surface area contributed by atoms with Gasteiger partial charge in [-0.3, -0.25) is 19.3 Å². The summed E-state index contributed by atoms with van der Waals surface area (Å²) < 4.78 is 11.5. The standard InChI is InChI=1S/C24H26N2O5S/c1-3-5-13-31-19-12-11-17(14-20(19)30-4-2)15-21-23(28)26(24(29)32-21)16-22(27)25-18-9-7-6-8-10-18/h6-12,14-15H,3-5,13,16H2,1-2H3,(H,25,27)/b21-15-. The molecule has 1 N–H and O–H groups in total. The van der Waals surface area contributed by atoms with Crippen LogP contribution in [0.2, 0.25) is 0 Å². The highest BCUT2D eigenvalue weighted by Crippen LogP contribution is 2.34. The molecule has 0 saturated carbocycles. The van der Waals surface area contributed by atoms with Gasteiger partial charge in [-0.25, -0.2) is 0 Å². The molecule has 0 radical (unpaired) electrons. The zero-order valence-corrected chi connectivity index (χ0v) is 18.9. The molecule has 1 saturated heterocycles. The van der Waals surface area contributed by atoms with Gasteiger partial charge in [-0.2, -0.15) is 0 Å². The van der Waals surface area contributed by atoms with Gasteiger partial charge in [0.05, 0.1) is 18.1 Å². The van der Waals surface area contributed by atoms with Crippen molar-refractivity contribution in [3.05, 3.63) is 59.0 Å². The molecule has 0 unspecified atom stereocenters. The number of imide groups is 1. The smallest absolute Gasteiger partial charge is 0.294 e. The fourth-order valence-corrected chi connectivity index (χ4v) is 3.82. The summed E-state index contributed by atoms with van der Waals surface area (Å²) in [6, 6.07) is 14.3. The van der Waals surface area contributed by atoms with Crippen LogP contribution in [0.1, 0.15) is 32.3 Å².